The number of halogens is 1. The van der Waals surface area contributed by atoms with Crippen LogP contribution in [-0.2, 0) is 11.2 Å². The van der Waals surface area contributed by atoms with Gasteiger partial charge in [0.25, 0.3) is 0 Å². The summed E-state index contributed by atoms with van der Waals surface area (Å²) < 4.78 is 25.0. The van der Waals surface area contributed by atoms with Crippen molar-refractivity contribution in [2.24, 2.45) is 0 Å². The van der Waals surface area contributed by atoms with E-state index in [4.69, 9.17) is 15.2 Å². The number of nitrogen functional groups attached to an aromatic ring is 1. The highest BCUT2D eigenvalue weighted by molar-refractivity contribution is 5.68. The van der Waals surface area contributed by atoms with E-state index in [9.17, 15) is 9.18 Å². The van der Waals surface area contributed by atoms with Crippen molar-refractivity contribution < 1.29 is 18.7 Å². The third kappa shape index (κ3) is 5.76. The zero-order chi connectivity index (χ0) is 19.3. The van der Waals surface area contributed by atoms with Crippen molar-refractivity contribution in [1.82, 2.24) is 10.2 Å². The summed E-state index contributed by atoms with van der Waals surface area (Å²) in [6, 6.07) is 5.25. The fourth-order valence-corrected chi connectivity index (χ4v) is 2.94. The van der Waals surface area contributed by atoms with Gasteiger partial charge in [-0.1, -0.05) is 0 Å². The molecular formula is C19H30FN3O3. The molecule has 26 heavy (non-hydrogen) atoms. The number of methoxy groups -OCH3 is 1. The van der Waals surface area contributed by atoms with Crippen LogP contribution < -0.4 is 15.8 Å². The molecule has 0 aliphatic carbocycles. The second-order valence-electron chi connectivity index (χ2n) is 7.61. The number of nitrogens with one attached hydrogen (secondary N) is 1. The lowest BCUT2D eigenvalue weighted by molar-refractivity contribution is 0.00951. The average Bonchev–Trinajstić information content (AvgIpc) is 2.56. The molecule has 1 aromatic rings. The monoisotopic (exact) mass is 367 g/mol. The van der Waals surface area contributed by atoms with Crippen LogP contribution in [-0.4, -0.2) is 55.6 Å². The van der Waals surface area contributed by atoms with E-state index in [1.54, 1.807) is 27.9 Å². The van der Waals surface area contributed by atoms with E-state index in [-0.39, 0.29) is 12.6 Å². The fourth-order valence-electron chi connectivity index (χ4n) is 2.94. The van der Waals surface area contributed by atoms with Crippen LogP contribution >= 0.6 is 0 Å². The number of hydrogen-bond acceptors (Lipinski definition) is 5. The highest BCUT2D eigenvalue weighted by Gasteiger charge is 2.33. The number of likely N-dealkylation sites (tertiary alicyclic amines) is 1. The molecule has 0 spiro atoms. The molecule has 1 heterocycles. The number of nitrogens with zero attached hydrogens (tertiary/aromatic N) is 1. The van der Waals surface area contributed by atoms with Gasteiger partial charge in [0, 0.05) is 18.3 Å². The van der Waals surface area contributed by atoms with E-state index in [0.29, 0.717) is 31.6 Å². The largest absolute Gasteiger partial charge is 0.497 e. The third-order valence-corrected chi connectivity index (χ3v) is 4.34. The lowest BCUT2D eigenvalue weighted by Crippen LogP contribution is -2.53. The molecule has 0 radical (unpaired) electrons. The summed E-state index contributed by atoms with van der Waals surface area (Å²) in [6.07, 6.45) is -0.350. The number of carbonyl (C=O) groups excluding carboxylic acids is 1. The molecule has 0 aromatic heterocycles. The molecule has 3 N–H and O–H groups in total. The normalized spacial score (nSPS) is 20.7. The van der Waals surface area contributed by atoms with Crippen molar-refractivity contribution in [3.8, 4) is 5.75 Å². The summed E-state index contributed by atoms with van der Waals surface area (Å²) >= 11 is 0. The molecule has 1 amide bonds. The number of anilines is 1. The predicted octanol–water partition coefficient (Wildman–Crippen LogP) is 2.76. The van der Waals surface area contributed by atoms with Crippen molar-refractivity contribution in [2.75, 3.05) is 32.5 Å². The Balaban J connectivity index is 1.81. The lowest BCUT2D eigenvalue weighted by atomic mass is 10.0. The molecule has 7 heteroatoms. The van der Waals surface area contributed by atoms with Crippen LogP contribution in [0.3, 0.4) is 0 Å². The molecule has 2 atom stereocenters. The minimum Gasteiger partial charge on any atom is -0.497 e. The Morgan fingerprint density at radius 2 is 2.15 bits per heavy atom. The number of carbonyl (C=O) groups is 1. The molecule has 1 saturated heterocycles. The minimum absolute atomic E-state index is 0.0495. The summed E-state index contributed by atoms with van der Waals surface area (Å²) in [5, 5.41) is 3.24. The molecule has 1 aliphatic heterocycles. The van der Waals surface area contributed by atoms with Crippen LogP contribution in [0.4, 0.5) is 14.9 Å². The topological polar surface area (TPSA) is 76.8 Å². The summed E-state index contributed by atoms with van der Waals surface area (Å²) in [5.41, 5.74) is 7.07. The number of benzene rings is 1. The van der Waals surface area contributed by atoms with Gasteiger partial charge < -0.3 is 25.4 Å². The Labute approximate surface area is 154 Å². The number of amides is 1. The second kappa shape index (κ2) is 8.58. The van der Waals surface area contributed by atoms with Crippen LogP contribution in [0.5, 0.6) is 5.75 Å². The molecule has 0 saturated carbocycles. The van der Waals surface area contributed by atoms with Gasteiger partial charge in [-0.3, -0.25) is 0 Å². The van der Waals surface area contributed by atoms with E-state index in [0.717, 1.165) is 11.3 Å². The third-order valence-electron chi connectivity index (χ3n) is 4.34. The fraction of sp³-hybridized carbons (Fsp3) is 0.632. The minimum atomic E-state index is -1.13. The van der Waals surface area contributed by atoms with Crippen molar-refractivity contribution >= 4 is 11.8 Å². The number of nitrogens with two attached hydrogens (primary N) is 1. The quantitative estimate of drug-likeness (QED) is 0.783. The maximum atomic E-state index is 14.5. The highest BCUT2D eigenvalue weighted by atomic mass is 19.1. The van der Waals surface area contributed by atoms with Crippen LogP contribution in [0.15, 0.2) is 18.2 Å². The summed E-state index contributed by atoms with van der Waals surface area (Å²) in [4.78, 5) is 13.5. The van der Waals surface area contributed by atoms with Crippen LogP contribution in [0.1, 0.15) is 32.8 Å². The number of alkyl halides is 1. The molecule has 6 nitrogen and oxygen atoms in total. The Morgan fingerprint density at radius 3 is 2.77 bits per heavy atom. The Morgan fingerprint density at radius 1 is 1.42 bits per heavy atom. The zero-order valence-electron chi connectivity index (χ0n) is 16.0. The molecule has 1 fully saturated rings. The van der Waals surface area contributed by atoms with E-state index in [1.165, 1.54) is 4.90 Å². The van der Waals surface area contributed by atoms with Crippen LogP contribution in [0.25, 0.3) is 0 Å². The standard InChI is InChI=1S/C19H30FN3O3/c1-19(2,3)26-18(24)23-10-8-17(15(20)12-23)22-9-7-13-11-14(25-4)5-6-16(13)21/h5-6,11,15,17,22H,7-10,12,21H2,1-4H3. The summed E-state index contributed by atoms with van der Waals surface area (Å²) in [6.45, 7) is 6.54. The molecule has 2 unspecified atom stereocenters. The second-order valence-corrected chi connectivity index (χ2v) is 7.61. The lowest BCUT2D eigenvalue weighted by Gasteiger charge is -2.36. The van der Waals surface area contributed by atoms with Gasteiger partial charge >= 0.3 is 6.09 Å². The van der Waals surface area contributed by atoms with Crippen molar-refractivity contribution in [3.05, 3.63) is 23.8 Å². The van der Waals surface area contributed by atoms with Crippen molar-refractivity contribution in [1.29, 1.82) is 0 Å². The first kappa shape index (κ1) is 20.3. The Bertz CT molecular complexity index is 619. The van der Waals surface area contributed by atoms with E-state index >= 15 is 0 Å². The summed E-state index contributed by atoms with van der Waals surface area (Å²) in [5.74, 6) is 0.753. The zero-order valence-corrected chi connectivity index (χ0v) is 16.0. The molecule has 146 valence electrons. The molecule has 0 bridgehead atoms. The summed E-state index contributed by atoms with van der Waals surface area (Å²) in [7, 11) is 1.61. The van der Waals surface area contributed by atoms with Gasteiger partial charge in [0.1, 0.15) is 17.5 Å². The van der Waals surface area contributed by atoms with Crippen LogP contribution in [0.2, 0.25) is 0 Å². The first-order valence-corrected chi connectivity index (χ1v) is 8.97. The van der Waals surface area contributed by atoms with E-state index in [1.807, 2.05) is 18.2 Å². The molecular weight excluding hydrogens is 337 g/mol. The molecule has 1 aromatic carbocycles. The average molecular weight is 367 g/mol. The van der Waals surface area contributed by atoms with Gasteiger partial charge in [0.05, 0.1) is 13.7 Å². The Hall–Kier alpha value is -2.02. The van der Waals surface area contributed by atoms with E-state index < -0.39 is 17.9 Å². The Kier molecular flexibility index (Phi) is 6.69. The van der Waals surface area contributed by atoms with Crippen molar-refractivity contribution in [2.45, 2.75) is 51.4 Å². The maximum absolute atomic E-state index is 14.5. The maximum Gasteiger partial charge on any atom is 0.410 e. The molecule has 2 rings (SSSR count). The van der Waals surface area contributed by atoms with Gasteiger partial charge in [-0.15, -0.1) is 0 Å². The number of piperidine rings is 1. The van der Waals surface area contributed by atoms with Gasteiger partial charge in [0.15, 0.2) is 0 Å². The van der Waals surface area contributed by atoms with Gasteiger partial charge in [0.2, 0.25) is 0 Å². The van der Waals surface area contributed by atoms with Gasteiger partial charge in [-0.05, 0) is 63.9 Å². The SMILES string of the molecule is COc1ccc(N)c(CCNC2CCN(C(=O)OC(C)(C)C)CC2F)c1. The number of rotatable bonds is 5. The number of ether oxygens (including phenoxy) is 2. The molecule has 1 aliphatic rings. The van der Waals surface area contributed by atoms with Gasteiger partial charge in [-0.2, -0.15) is 0 Å². The van der Waals surface area contributed by atoms with Gasteiger partial charge in [-0.25, -0.2) is 9.18 Å². The van der Waals surface area contributed by atoms with E-state index in [2.05, 4.69) is 5.32 Å². The predicted molar refractivity (Wildman–Crippen MR) is 100 cm³/mol. The first-order chi connectivity index (χ1) is 12.2. The van der Waals surface area contributed by atoms with Crippen LogP contribution in [0, 0.1) is 0 Å². The van der Waals surface area contributed by atoms with Crippen molar-refractivity contribution in [3.63, 3.8) is 0 Å². The first-order valence-electron chi connectivity index (χ1n) is 8.97. The number of hydrogen-bond donors (Lipinski definition) is 2. The highest BCUT2D eigenvalue weighted by Crippen LogP contribution is 2.21. The smallest absolute Gasteiger partial charge is 0.410 e.